The molecule has 1 aliphatic heterocycles. The first-order valence-electron chi connectivity index (χ1n) is 10.5. The Morgan fingerprint density at radius 2 is 1.84 bits per heavy atom. The molecule has 3 aromatic rings. The minimum atomic E-state index is -0.0550. The molecule has 1 saturated heterocycles. The molecule has 2 aromatic heterocycles. The number of carbonyl (C=O) groups is 2. The van der Waals surface area contributed by atoms with E-state index in [4.69, 9.17) is 5.73 Å². The molecule has 3 heterocycles. The predicted octanol–water partition coefficient (Wildman–Crippen LogP) is 1.60. The zero-order valence-corrected chi connectivity index (χ0v) is 18.1. The summed E-state index contributed by atoms with van der Waals surface area (Å²) in [6.07, 6.45) is 1.72. The van der Waals surface area contributed by atoms with E-state index in [0.29, 0.717) is 24.4 Å². The number of anilines is 1. The lowest BCUT2D eigenvalue weighted by molar-refractivity contribution is -0.131. The number of aromatic nitrogens is 4. The predicted molar refractivity (Wildman–Crippen MR) is 117 cm³/mol. The Hall–Kier alpha value is -3.49. The SMILES string of the molecule is Cc1ccccc1C(=O)NC1CCN(C(=O)Cc2c(C)nc3nc(N)nn3c2C)CC1. The van der Waals surface area contributed by atoms with Gasteiger partial charge < -0.3 is 16.0 Å². The Labute approximate surface area is 180 Å². The highest BCUT2D eigenvalue weighted by Crippen LogP contribution is 2.18. The summed E-state index contributed by atoms with van der Waals surface area (Å²) in [6, 6.07) is 7.62. The first kappa shape index (κ1) is 20.8. The van der Waals surface area contributed by atoms with Gasteiger partial charge in [-0.1, -0.05) is 18.2 Å². The normalized spacial score (nSPS) is 14.7. The van der Waals surface area contributed by atoms with Gasteiger partial charge in [0.2, 0.25) is 11.9 Å². The molecule has 0 spiro atoms. The zero-order chi connectivity index (χ0) is 22.1. The van der Waals surface area contributed by atoms with E-state index < -0.39 is 0 Å². The van der Waals surface area contributed by atoms with E-state index in [0.717, 1.165) is 35.4 Å². The molecule has 1 aromatic carbocycles. The van der Waals surface area contributed by atoms with Gasteiger partial charge in [-0.3, -0.25) is 9.59 Å². The quantitative estimate of drug-likeness (QED) is 0.660. The summed E-state index contributed by atoms with van der Waals surface area (Å²) in [6.45, 7) is 6.92. The van der Waals surface area contributed by atoms with Gasteiger partial charge in [-0.05, 0) is 45.2 Å². The number of hydrogen-bond acceptors (Lipinski definition) is 6. The Morgan fingerprint density at radius 1 is 1.13 bits per heavy atom. The third kappa shape index (κ3) is 4.21. The molecule has 0 unspecified atom stereocenters. The maximum Gasteiger partial charge on any atom is 0.254 e. The van der Waals surface area contributed by atoms with Gasteiger partial charge in [-0.25, -0.2) is 4.98 Å². The lowest BCUT2D eigenvalue weighted by atomic mass is 10.0. The number of carbonyl (C=O) groups excluding carboxylic acids is 2. The maximum absolute atomic E-state index is 12.9. The second-order valence-electron chi connectivity index (χ2n) is 8.06. The van der Waals surface area contributed by atoms with Crippen LogP contribution in [0.2, 0.25) is 0 Å². The minimum Gasteiger partial charge on any atom is -0.366 e. The number of rotatable bonds is 4. The second-order valence-corrected chi connectivity index (χ2v) is 8.06. The highest BCUT2D eigenvalue weighted by molar-refractivity contribution is 5.95. The molecule has 0 atom stereocenters. The first-order valence-corrected chi connectivity index (χ1v) is 10.5. The third-order valence-corrected chi connectivity index (χ3v) is 5.97. The van der Waals surface area contributed by atoms with Crippen molar-refractivity contribution in [2.45, 2.75) is 46.1 Å². The van der Waals surface area contributed by atoms with Crippen LogP contribution in [0.15, 0.2) is 24.3 Å². The van der Waals surface area contributed by atoms with Crippen molar-refractivity contribution >= 4 is 23.5 Å². The Balaban J connectivity index is 1.37. The fraction of sp³-hybridized carbons (Fsp3) is 0.409. The van der Waals surface area contributed by atoms with Gasteiger partial charge in [0.05, 0.1) is 6.42 Å². The molecule has 0 aliphatic carbocycles. The van der Waals surface area contributed by atoms with Crippen molar-refractivity contribution in [2.24, 2.45) is 0 Å². The van der Waals surface area contributed by atoms with Crippen molar-refractivity contribution in [1.29, 1.82) is 0 Å². The molecule has 31 heavy (non-hydrogen) atoms. The van der Waals surface area contributed by atoms with E-state index in [2.05, 4.69) is 20.4 Å². The lowest BCUT2D eigenvalue weighted by Gasteiger charge is -2.32. The van der Waals surface area contributed by atoms with E-state index in [1.165, 1.54) is 0 Å². The van der Waals surface area contributed by atoms with Gasteiger partial charge >= 0.3 is 0 Å². The summed E-state index contributed by atoms with van der Waals surface area (Å²) in [4.78, 5) is 35.9. The van der Waals surface area contributed by atoms with Crippen molar-refractivity contribution in [1.82, 2.24) is 29.8 Å². The average molecular weight is 422 g/mol. The number of likely N-dealkylation sites (tertiary alicyclic amines) is 1. The molecule has 9 heteroatoms. The van der Waals surface area contributed by atoms with Crippen molar-refractivity contribution in [3.8, 4) is 0 Å². The molecule has 0 radical (unpaired) electrons. The summed E-state index contributed by atoms with van der Waals surface area (Å²) < 4.78 is 1.58. The van der Waals surface area contributed by atoms with E-state index >= 15 is 0 Å². The maximum atomic E-state index is 12.9. The molecule has 3 N–H and O–H groups in total. The molecule has 4 rings (SSSR count). The van der Waals surface area contributed by atoms with E-state index in [1.54, 1.807) is 4.52 Å². The summed E-state index contributed by atoms with van der Waals surface area (Å²) in [5.74, 6) is 0.590. The van der Waals surface area contributed by atoms with Crippen LogP contribution >= 0.6 is 0 Å². The second kappa shape index (κ2) is 8.33. The standard InChI is InChI=1S/C22H27N7O2/c1-13-6-4-5-7-17(13)20(31)25-16-8-10-28(11-9-16)19(30)12-18-14(2)24-22-26-21(23)27-29(22)15(18)3/h4-7,16H,8-12H2,1-3H3,(H2,23,27)(H,25,31). The van der Waals surface area contributed by atoms with Crippen LogP contribution in [0.4, 0.5) is 5.95 Å². The molecule has 2 amide bonds. The number of aryl methyl sites for hydroxylation is 3. The Morgan fingerprint density at radius 3 is 2.55 bits per heavy atom. The monoisotopic (exact) mass is 421 g/mol. The number of nitrogen functional groups attached to an aromatic ring is 1. The number of piperidine rings is 1. The fourth-order valence-electron chi connectivity index (χ4n) is 4.11. The molecule has 0 bridgehead atoms. The van der Waals surface area contributed by atoms with Crippen LogP contribution < -0.4 is 11.1 Å². The van der Waals surface area contributed by atoms with Crippen LogP contribution in [0.3, 0.4) is 0 Å². The largest absolute Gasteiger partial charge is 0.366 e. The van der Waals surface area contributed by atoms with E-state index in [1.807, 2.05) is 49.9 Å². The number of nitrogens with one attached hydrogen (secondary N) is 1. The first-order chi connectivity index (χ1) is 14.8. The van der Waals surface area contributed by atoms with Crippen LogP contribution in [0, 0.1) is 20.8 Å². The van der Waals surface area contributed by atoms with Gasteiger partial charge in [-0.2, -0.15) is 9.50 Å². The lowest BCUT2D eigenvalue weighted by Crippen LogP contribution is -2.47. The van der Waals surface area contributed by atoms with Crippen LogP contribution in [0.25, 0.3) is 5.78 Å². The van der Waals surface area contributed by atoms with Crippen molar-refractivity contribution < 1.29 is 9.59 Å². The van der Waals surface area contributed by atoms with Gasteiger partial charge in [-0.15, -0.1) is 5.10 Å². The topological polar surface area (TPSA) is 119 Å². The van der Waals surface area contributed by atoms with Crippen molar-refractivity contribution in [3.63, 3.8) is 0 Å². The summed E-state index contributed by atoms with van der Waals surface area (Å²) in [7, 11) is 0. The number of hydrogen-bond donors (Lipinski definition) is 2. The van der Waals surface area contributed by atoms with Crippen molar-refractivity contribution in [2.75, 3.05) is 18.8 Å². The number of benzene rings is 1. The van der Waals surface area contributed by atoms with Crippen LogP contribution in [-0.2, 0) is 11.2 Å². The van der Waals surface area contributed by atoms with E-state index in [-0.39, 0.29) is 30.2 Å². The third-order valence-electron chi connectivity index (χ3n) is 5.97. The van der Waals surface area contributed by atoms with Gasteiger partial charge in [0, 0.05) is 41.6 Å². The minimum absolute atomic E-state index is 0.0455. The number of nitrogens with zero attached hydrogens (tertiary/aromatic N) is 5. The summed E-state index contributed by atoms with van der Waals surface area (Å²) in [5.41, 5.74) is 9.76. The molecule has 1 fully saturated rings. The van der Waals surface area contributed by atoms with E-state index in [9.17, 15) is 9.59 Å². The molecule has 9 nitrogen and oxygen atoms in total. The van der Waals surface area contributed by atoms with Crippen LogP contribution in [0.1, 0.15) is 45.7 Å². The van der Waals surface area contributed by atoms with Crippen LogP contribution in [-0.4, -0.2) is 55.4 Å². The highest BCUT2D eigenvalue weighted by atomic mass is 16.2. The van der Waals surface area contributed by atoms with Crippen LogP contribution in [0.5, 0.6) is 0 Å². The number of amides is 2. The molecular formula is C22H27N7O2. The fourth-order valence-corrected chi connectivity index (χ4v) is 4.11. The number of fused-ring (bicyclic) bond motifs is 1. The summed E-state index contributed by atoms with van der Waals surface area (Å²) >= 11 is 0. The van der Waals surface area contributed by atoms with Gasteiger partial charge in [0.25, 0.3) is 11.7 Å². The van der Waals surface area contributed by atoms with Gasteiger partial charge in [0.1, 0.15) is 0 Å². The molecular weight excluding hydrogens is 394 g/mol. The Kier molecular flexibility index (Phi) is 5.58. The molecule has 1 aliphatic rings. The Bertz CT molecular complexity index is 1150. The molecule has 0 saturated carbocycles. The zero-order valence-electron chi connectivity index (χ0n) is 18.1. The number of nitrogens with two attached hydrogens (primary N) is 1. The van der Waals surface area contributed by atoms with Crippen molar-refractivity contribution in [3.05, 3.63) is 52.3 Å². The summed E-state index contributed by atoms with van der Waals surface area (Å²) in [5, 5.41) is 7.27. The smallest absolute Gasteiger partial charge is 0.254 e. The molecule has 162 valence electrons. The van der Waals surface area contributed by atoms with Gasteiger partial charge in [0.15, 0.2) is 0 Å². The average Bonchev–Trinajstić information content (AvgIpc) is 3.12. The highest BCUT2D eigenvalue weighted by Gasteiger charge is 2.26.